The predicted octanol–water partition coefficient (Wildman–Crippen LogP) is 2.04. The summed E-state index contributed by atoms with van der Waals surface area (Å²) in [4.78, 5) is 14.1. The van der Waals surface area contributed by atoms with Crippen LogP contribution < -0.4 is 10.6 Å². The largest absolute Gasteiger partial charge is 0.508 e. The zero-order valence-electron chi connectivity index (χ0n) is 11.5. The van der Waals surface area contributed by atoms with E-state index in [2.05, 4.69) is 0 Å². The third-order valence-electron chi connectivity index (χ3n) is 3.13. The molecule has 0 atom stereocenters. The maximum absolute atomic E-state index is 12.5. The van der Waals surface area contributed by atoms with Crippen molar-refractivity contribution in [2.75, 3.05) is 18.0 Å². The molecule has 3 N–H and O–H groups in total. The monoisotopic (exact) mass is 250 g/mol. The molecule has 0 saturated heterocycles. The van der Waals surface area contributed by atoms with Crippen LogP contribution in [0.15, 0.2) is 18.2 Å². The smallest absolute Gasteiger partial charge is 0.233 e. The molecule has 1 rings (SSSR count). The molecule has 4 nitrogen and oxygen atoms in total. The minimum atomic E-state index is -0.603. The van der Waals surface area contributed by atoms with E-state index in [-0.39, 0.29) is 11.7 Å². The van der Waals surface area contributed by atoms with Crippen molar-refractivity contribution in [3.8, 4) is 5.75 Å². The van der Waals surface area contributed by atoms with Gasteiger partial charge in [-0.15, -0.1) is 0 Å². The Kier molecular flexibility index (Phi) is 4.35. The molecule has 0 heterocycles. The number of aryl methyl sites for hydroxylation is 1. The first kappa shape index (κ1) is 14.5. The van der Waals surface area contributed by atoms with E-state index in [1.807, 2.05) is 27.7 Å². The van der Waals surface area contributed by atoms with Crippen LogP contribution in [0, 0.1) is 12.3 Å². The second-order valence-electron chi connectivity index (χ2n) is 5.11. The number of aromatic hydroxyl groups is 1. The van der Waals surface area contributed by atoms with Crippen LogP contribution in [0.2, 0.25) is 0 Å². The van der Waals surface area contributed by atoms with Gasteiger partial charge < -0.3 is 15.7 Å². The summed E-state index contributed by atoms with van der Waals surface area (Å²) in [6.45, 7) is 8.33. The standard InChI is InChI=1S/C14H22N2O2/c1-5-16(13(18)14(3,4)9-15)12-8-11(17)7-6-10(12)2/h6-8,17H,5,9,15H2,1-4H3. The Morgan fingerprint density at radius 1 is 1.44 bits per heavy atom. The first-order valence-electron chi connectivity index (χ1n) is 6.15. The van der Waals surface area contributed by atoms with Gasteiger partial charge in [0.25, 0.3) is 0 Å². The molecule has 0 fully saturated rings. The minimum absolute atomic E-state index is 0.0267. The third kappa shape index (κ3) is 2.82. The van der Waals surface area contributed by atoms with Gasteiger partial charge in [0, 0.05) is 19.2 Å². The molecule has 1 aromatic carbocycles. The maximum Gasteiger partial charge on any atom is 0.233 e. The minimum Gasteiger partial charge on any atom is -0.508 e. The Bertz CT molecular complexity index is 441. The number of anilines is 1. The Morgan fingerprint density at radius 2 is 2.06 bits per heavy atom. The van der Waals surface area contributed by atoms with E-state index in [1.54, 1.807) is 23.1 Å². The van der Waals surface area contributed by atoms with Gasteiger partial charge in [0.15, 0.2) is 0 Å². The highest BCUT2D eigenvalue weighted by Crippen LogP contribution is 2.28. The van der Waals surface area contributed by atoms with Crippen LogP contribution in [0.5, 0.6) is 5.75 Å². The van der Waals surface area contributed by atoms with Gasteiger partial charge >= 0.3 is 0 Å². The Balaban J connectivity index is 3.18. The summed E-state index contributed by atoms with van der Waals surface area (Å²) in [7, 11) is 0. The van der Waals surface area contributed by atoms with Crippen LogP contribution in [0.1, 0.15) is 26.3 Å². The van der Waals surface area contributed by atoms with Crippen LogP contribution in [-0.2, 0) is 4.79 Å². The number of nitrogens with two attached hydrogens (primary N) is 1. The van der Waals surface area contributed by atoms with Crippen molar-refractivity contribution in [3.63, 3.8) is 0 Å². The van der Waals surface area contributed by atoms with Crippen molar-refractivity contribution >= 4 is 11.6 Å². The van der Waals surface area contributed by atoms with Gasteiger partial charge in [0.05, 0.1) is 11.1 Å². The Morgan fingerprint density at radius 3 is 2.56 bits per heavy atom. The van der Waals surface area contributed by atoms with Gasteiger partial charge in [0.1, 0.15) is 5.75 Å². The highest BCUT2D eigenvalue weighted by Gasteiger charge is 2.31. The summed E-state index contributed by atoms with van der Waals surface area (Å²) in [6.07, 6.45) is 0. The van der Waals surface area contributed by atoms with Gasteiger partial charge in [0.2, 0.25) is 5.91 Å². The number of carbonyl (C=O) groups is 1. The molecular formula is C14H22N2O2. The lowest BCUT2D eigenvalue weighted by Crippen LogP contribution is -2.45. The van der Waals surface area contributed by atoms with Gasteiger partial charge in [-0.05, 0) is 39.3 Å². The zero-order valence-corrected chi connectivity index (χ0v) is 11.5. The summed E-state index contributed by atoms with van der Waals surface area (Å²) >= 11 is 0. The molecule has 0 bridgehead atoms. The number of benzene rings is 1. The molecule has 1 aromatic rings. The van der Waals surface area contributed by atoms with Crippen molar-refractivity contribution in [2.24, 2.45) is 11.1 Å². The van der Waals surface area contributed by atoms with E-state index in [4.69, 9.17) is 5.73 Å². The summed E-state index contributed by atoms with van der Waals surface area (Å²) in [5.74, 6) is 0.133. The molecule has 0 spiro atoms. The SMILES string of the molecule is CCN(C(=O)C(C)(C)CN)c1cc(O)ccc1C. The quantitative estimate of drug-likeness (QED) is 0.859. The fourth-order valence-electron chi connectivity index (χ4n) is 1.76. The van der Waals surface area contributed by atoms with Crippen molar-refractivity contribution in [1.82, 2.24) is 0 Å². The maximum atomic E-state index is 12.5. The highest BCUT2D eigenvalue weighted by molar-refractivity contribution is 5.98. The Labute approximate surface area is 108 Å². The fraction of sp³-hybridized carbons (Fsp3) is 0.500. The second kappa shape index (κ2) is 5.40. The van der Waals surface area contributed by atoms with E-state index in [9.17, 15) is 9.90 Å². The lowest BCUT2D eigenvalue weighted by Gasteiger charge is -2.31. The van der Waals surface area contributed by atoms with Gasteiger partial charge in [-0.25, -0.2) is 0 Å². The average molecular weight is 250 g/mol. The molecule has 0 unspecified atom stereocenters. The molecule has 0 aliphatic carbocycles. The zero-order chi connectivity index (χ0) is 13.9. The van der Waals surface area contributed by atoms with Crippen LogP contribution in [0.3, 0.4) is 0 Å². The van der Waals surface area contributed by atoms with E-state index in [1.165, 1.54) is 0 Å². The summed E-state index contributed by atoms with van der Waals surface area (Å²) in [5, 5.41) is 9.56. The number of rotatable bonds is 4. The Hall–Kier alpha value is -1.55. The molecule has 4 heteroatoms. The molecular weight excluding hydrogens is 228 g/mol. The third-order valence-corrected chi connectivity index (χ3v) is 3.13. The van der Waals surface area contributed by atoms with E-state index < -0.39 is 5.41 Å². The second-order valence-corrected chi connectivity index (χ2v) is 5.11. The number of amides is 1. The van der Waals surface area contributed by atoms with E-state index in [0.717, 1.165) is 11.3 Å². The molecule has 0 aliphatic heterocycles. The summed E-state index contributed by atoms with van der Waals surface area (Å²) < 4.78 is 0. The number of carbonyl (C=O) groups excluding carboxylic acids is 1. The molecule has 0 radical (unpaired) electrons. The van der Waals surface area contributed by atoms with Crippen molar-refractivity contribution in [3.05, 3.63) is 23.8 Å². The van der Waals surface area contributed by atoms with Crippen LogP contribution in [0.4, 0.5) is 5.69 Å². The van der Waals surface area contributed by atoms with Crippen LogP contribution in [0.25, 0.3) is 0 Å². The first-order chi connectivity index (χ1) is 8.33. The normalized spacial score (nSPS) is 11.4. The molecule has 0 aliphatic rings. The number of nitrogens with zero attached hydrogens (tertiary/aromatic N) is 1. The van der Waals surface area contributed by atoms with Crippen LogP contribution in [-0.4, -0.2) is 24.1 Å². The fourth-order valence-corrected chi connectivity index (χ4v) is 1.76. The number of hydrogen-bond acceptors (Lipinski definition) is 3. The molecule has 0 aromatic heterocycles. The van der Waals surface area contributed by atoms with Crippen LogP contribution >= 0.6 is 0 Å². The predicted molar refractivity (Wildman–Crippen MR) is 73.7 cm³/mol. The number of phenols is 1. The van der Waals surface area contributed by atoms with Crippen molar-refractivity contribution in [2.45, 2.75) is 27.7 Å². The van der Waals surface area contributed by atoms with Gasteiger partial charge in [-0.1, -0.05) is 6.07 Å². The molecule has 100 valence electrons. The van der Waals surface area contributed by atoms with Crippen molar-refractivity contribution in [1.29, 1.82) is 0 Å². The van der Waals surface area contributed by atoms with E-state index in [0.29, 0.717) is 13.1 Å². The lowest BCUT2D eigenvalue weighted by atomic mass is 9.91. The van der Waals surface area contributed by atoms with Gasteiger partial charge in [-0.2, -0.15) is 0 Å². The molecule has 1 amide bonds. The summed E-state index contributed by atoms with van der Waals surface area (Å²) in [6, 6.07) is 5.03. The van der Waals surface area contributed by atoms with E-state index >= 15 is 0 Å². The molecule has 18 heavy (non-hydrogen) atoms. The number of phenolic OH excluding ortho intramolecular Hbond substituents is 1. The lowest BCUT2D eigenvalue weighted by molar-refractivity contribution is -0.126. The van der Waals surface area contributed by atoms with Crippen molar-refractivity contribution < 1.29 is 9.90 Å². The van der Waals surface area contributed by atoms with Gasteiger partial charge in [-0.3, -0.25) is 4.79 Å². The average Bonchev–Trinajstić information content (AvgIpc) is 2.34. The summed E-state index contributed by atoms with van der Waals surface area (Å²) in [5.41, 5.74) is 6.74. The first-order valence-corrected chi connectivity index (χ1v) is 6.15. The topological polar surface area (TPSA) is 66.6 Å². The highest BCUT2D eigenvalue weighted by atomic mass is 16.3. The number of hydrogen-bond donors (Lipinski definition) is 2. The molecule has 0 saturated carbocycles.